The topological polar surface area (TPSA) is 0 Å². The van der Waals surface area contributed by atoms with Crippen molar-refractivity contribution in [3.8, 4) is 0 Å². The Hall–Kier alpha value is -0.260. The van der Waals surface area contributed by atoms with Gasteiger partial charge in [-0.3, -0.25) is 0 Å². The van der Waals surface area contributed by atoms with Crippen molar-refractivity contribution in [3.63, 3.8) is 0 Å². The van der Waals surface area contributed by atoms with E-state index in [1.807, 2.05) is 5.57 Å². The lowest BCUT2D eigenvalue weighted by Crippen LogP contribution is -2.50. The molecule has 0 N–H and O–H groups in total. The van der Waals surface area contributed by atoms with Crippen LogP contribution >= 0.6 is 0 Å². The van der Waals surface area contributed by atoms with Crippen LogP contribution in [-0.4, -0.2) is 0 Å². The predicted octanol–water partition coefficient (Wildman–Crippen LogP) is 9.83. The zero-order valence-corrected chi connectivity index (χ0v) is 22.0. The molecule has 0 bridgehead atoms. The van der Waals surface area contributed by atoms with Crippen LogP contribution in [-0.2, 0) is 0 Å². The maximum atomic E-state index is 2.80. The molecule has 3 saturated carbocycles. The van der Waals surface area contributed by atoms with Crippen LogP contribution in [0.2, 0.25) is 0 Å². The van der Waals surface area contributed by atoms with Gasteiger partial charge in [0.25, 0.3) is 0 Å². The summed E-state index contributed by atoms with van der Waals surface area (Å²) in [5.41, 5.74) is 3.09. The SMILES string of the molecule is CCCCC1CCC2(C)C(=CCC3C2CCC2(C)C(C(C)CCCC(C)C)CCC32)C1. The van der Waals surface area contributed by atoms with Gasteiger partial charge in [0.05, 0.1) is 0 Å². The van der Waals surface area contributed by atoms with Crippen molar-refractivity contribution in [2.45, 2.75) is 131 Å². The summed E-state index contributed by atoms with van der Waals surface area (Å²) in [7, 11) is 0. The number of allylic oxidation sites excluding steroid dienone is 2. The van der Waals surface area contributed by atoms with Gasteiger partial charge < -0.3 is 0 Å². The number of fused-ring (bicyclic) bond motifs is 5. The minimum Gasteiger partial charge on any atom is -0.0845 e. The van der Waals surface area contributed by atoms with Crippen molar-refractivity contribution in [2.75, 3.05) is 0 Å². The lowest BCUT2D eigenvalue weighted by Gasteiger charge is -2.58. The van der Waals surface area contributed by atoms with E-state index in [9.17, 15) is 0 Å². The predicted molar refractivity (Wildman–Crippen MR) is 136 cm³/mol. The zero-order chi connectivity index (χ0) is 22.2. The van der Waals surface area contributed by atoms with Crippen LogP contribution < -0.4 is 0 Å². The molecule has 8 unspecified atom stereocenters. The maximum Gasteiger partial charge on any atom is -0.00851 e. The standard InChI is InChI=1S/C31H54/c1-7-8-12-24-17-19-30(5)25(21-24)13-14-26-28-16-15-27(23(4)11-9-10-22(2)3)31(28,6)20-18-29(26)30/h13,22-24,26-29H,7-12,14-21H2,1-6H3. The molecule has 3 fully saturated rings. The van der Waals surface area contributed by atoms with Crippen LogP contribution in [0.25, 0.3) is 0 Å². The third-order valence-electron chi connectivity index (χ3n) is 11.4. The number of unbranched alkanes of at least 4 members (excludes halogenated alkanes) is 1. The van der Waals surface area contributed by atoms with E-state index in [1.54, 1.807) is 0 Å². The molecule has 0 heteroatoms. The van der Waals surface area contributed by atoms with Crippen molar-refractivity contribution in [2.24, 2.45) is 52.3 Å². The second-order valence-corrected chi connectivity index (χ2v) is 13.5. The summed E-state index contributed by atoms with van der Waals surface area (Å²) in [6.45, 7) is 15.2. The molecule has 0 heterocycles. The van der Waals surface area contributed by atoms with Crippen molar-refractivity contribution in [1.82, 2.24) is 0 Å². The van der Waals surface area contributed by atoms with Gasteiger partial charge in [0, 0.05) is 0 Å². The Morgan fingerprint density at radius 3 is 2.48 bits per heavy atom. The first-order valence-electron chi connectivity index (χ1n) is 14.5. The van der Waals surface area contributed by atoms with Crippen molar-refractivity contribution >= 4 is 0 Å². The summed E-state index contributed by atoms with van der Waals surface area (Å²) in [6.07, 6.45) is 23.4. The fraction of sp³-hybridized carbons (Fsp3) is 0.935. The summed E-state index contributed by atoms with van der Waals surface area (Å²) in [5.74, 6) is 6.79. The molecule has 4 aliphatic rings. The van der Waals surface area contributed by atoms with Crippen LogP contribution in [0, 0.1) is 52.3 Å². The van der Waals surface area contributed by atoms with E-state index in [0.717, 1.165) is 41.4 Å². The highest BCUT2D eigenvalue weighted by Crippen LogP contribution is 2.67. The molecule has 0 aromatic rings. The molecule has 0 nitrogen and oxygen atoms in total. The van der Waals surface area contributed by atoms with Gasteiger partial charge in [-0.05, 0) is 104 Å². The smallest absolute Gasteiger partial charge is 0.00851 e. The Morgan fingerprint density at radius 1 is 0.935 bits per heavy atom. The lowest BCUT2D eigenvalue weighted by atomic mass is 9.46. The number of rotatable bonds is 8. The molecular formula is C31H54. The minimum absolute atomic E-state index is 0.550. The Bertz CT molecular complexity index is 628. The zero-order valence-electron chi connectivity index (χ0n) is 22.0. The third-order valence-corrected chi connectivity index (χ3v) is 11.4. The fourth-order valence-corrected chi connectivity index (χ4v) is 9.50. The van der Waals surface area contributed by atoms with E-state index in [2.05, 4.69) is 47.6 Å². The van der Waals surface area contributed by atoms with Crippen LogP contribution in [0.15, 0.2) is 11.6 Å². The first kappa shape index (κ1) is 23.9. The molecule has 4 rings (SSSR count). The Morgan fingerprint density at radius 2 is 1.74 bits per heavy atom. The Kier molecular flexibility index (Phi) is 7.35. The van der Waals surface area contributed by atoms with Gasteiger partial charge in [0.15, 0.2) is 0 Å². The first-order chi connectivity index (χ1) is 14.8. The second kappa shape index (κ2) is 9.54. The molecule has 178 valence electrons. The van der Waals surface area contributed by atoms with Crippen LogP contribution in [0.1, 0.15) is 131 Å². The highest BCUT2D eigenvalue weighted by atomic mass is 14.6. The molecule has 8 atom stereocenters. The van der Waals surface area contributed by atoms with Gasteiger partial charge in [-0.25, -0.2) is 0 Å². The summed E-state index contributed by atoms with van der Waals surface area (Å²) in [5, 5.41) is 0. The van der Waals surface area contributed by atoms with Gasteiger partial charge in [-0.2, -0.15) is 0 Å². The largest absolute Gasteiger partial charge is 0.0845 e. The van der Waals surface area contributed by atoms with Gasteiger partial charge >= 0.3 is 0 Å². The second-order valence-electron chi connectivity index (χ2n) is 13.5. The normalized spacial score (nSPS) is 43.2. The quantitative estimate of drug-likeness (QED) is 0.339. The monoisotopic (exact) mass is 426 g/mol. The molecule has 0 spiro atoms. The van der Waals surface area contributed by atoms with E-state index in [4.69, 9.17) is 0 Å². The van der Waals surface area contributed by atoms with Crippen molar-refractivity contribution in [3.05, 3.63) is 11.6 Å². The minimum atomic E-state index is 0.550. The van der Waals surface area contributed by atoms with Crippen LogP contribution in [0.4, 0.5) is 0 Å². The van der Waals surface area contributed by atoms with E-state index in [0.29, 0.717) is 10.8 Å². The molecule has 0 amide bonds. The Balaban J connectivity index is 1.45. The molecule has 0 aliphatic heterocycles. The lowest BCUT2D eigenvalue weighted by molar-refractivity contribution is -0.0529. The molecule has 0 saturated heterocycles. The average molecular weight is 427 g/mol. The summed E-state index contributed by atoms with van der Waals surface area (Å²) < 4.78 is 0. The Labute approximate surface area is 195 Å². The summed E-state index contributed by atoms with van der Waals surface area (Å²) >= 11 is 0. The average Bonchev–Trinajstić information content (AvgIpc) is 3.09. The highest BCUT2D eigenvalue weighted by molar-refractivity contribution is 5.25. The van der Waals surface area contributed by atoms with Crippen LogP contribution in [0.5, 0.6) is 0 Å². The van der Waals surface area contributed by atoms with Gasteiger partial charge in [-0.1, -0.05) is 91.7 Å². The van der Waals surface area contributed by atoms with E-state index < -0.39 is 0 Å². The van der Waals surface area contributed by atoms with Gasteiger partial charge in [0.2, 0.25) is 0 Å². The summed E-state index contributed by atoms with van der Waals surface area (Å²) in [6, 6.07) is 0. The third kappa shape index (κ3) is 4.45. The van der Waals surface area contributed by atoms with E-state index >= 15 is 0 Å². The number of hydrogen-bond donors (Lipinski definition) is 0. The highest BCUT2D eigenvalue weighted by Gasteiger charge is 2.59. The fourth-order valence-electron chi connectivity index (χ4n) is 9.50. The molecule has 0 aromatic carbocycles. The van der Waals surface area contributed by atoms with Gasteiger partial charge in [0.1, 0.15) is 0 Å². The van der Waals surface area contributed by atoms with E-state index in [-0.39, 0.29) is 0 Å². The first-order valence-corrected chi connectivity index (χ1v) is 14.5. The van der Waals surface area contributed by atoms with E-state index in [1.165, 1.54) is 89.9 Å². The number of hydrogen-bond acceptors (Lipinski definition) is 0. The molecule has 0 aromatic heterocycles. The molecule has 31 heavy (non-hydrogen) atoms. The van der Waals surface area contributed by atoms with Crippen molar-refractivity contribution < 1.29 is 0 Å². The molecule has 4 aliphatic carbocycles. The van der Waals surface area contributed by atoms with Crippen molar-refractivity contribution in [1.29, 1.82) is 0 Å². The van der Waals surface area contributed by atoms with Crippen LogP contribution in [0.3, 0.4) is 0 Å². The maximum absolute atomic E-state index is 2.80. The summed E-state index contributed by atoms with van der Waals surface area (Å²) in [4.78, 5) is 0. The molecular weight excluding hydrogens is 372 g/mol. The molecule has 0 radical (unpaired) electrons. The van der Waals surface area contributed by atoms with Gasteiger partial charge in [-0.15, -0.1) is 0 Å².